The summed E-state index contributed by atoms with van der Waals surface area (Å²) in [4.78, 5) is 0.317. The van der Waals surface area contributed by atoms with Crippen LogP contribution in [0.4, 0.5) is 0 Å². The van der Waals surface area contributed by atoms with Gasteiger partial charge in [-0.3, -0.25) is 0 Å². The number of hydrogen-bond acceptors (Lipinski definition) is 1. The predicted molar refractivity (Wildman–Crippen MR) is 77.6 cm³/mol. The molecule has 1 unspecified atom stereocenters. The van der Waals surface area contributed by atoms with E-state index in [1.807, 2.05) is 0 Å². The molecule has 1 heterocycles. The molecule has 0 aliphatic carbocycles. The van der Waals surface area contributed by atoms with Crippen molar-refractivity contribution in [3.05, 3.63) is 58.0 Å². The van der Waals surface area contributed by atoms with E-state index in [2.05, 4.69) is 69.1 Å². The van der Waals surface area contributed by atoms with Crippen LogP contribution >= 0.6 is 31.9 Å². The average molecular weight is 358 g/mol. The van der Waals surface area contributed by atoms with Crippen LogP contribution in [0.15, 0.2) is 45.5 Å². The Morgan fingerprint density at radius 1 is 1.18 bits per heavy atom. The highest BCUT2D eigenvalue weighted by atomic mass is 79.9. The van der Waals surface area contributed by atoms with Crippen molar-refractivity contribution in [2.75, 3.05) is 0 Å². The van der Waals surface area contributed by atoms with Gasteiger partial charge < -0.3 is 4.42 Å². The van der Waals surface area contributed by atoms with Crippen LogP contribution in [0.2, 0.25) is 0 Å². The van der Waals surface area contributed by atoms with Crippen LogP contribution in [0.1, 0.15) is 28.6 Å². The van der Waals surface area contributed by atoms with Gasteiger partial charge >= 0.3 is 0 Å². The largest absolute Gasteiger partial charge is 0.469 e. The summed E-state index contributed by atoms with van der Waals surface area (Å²) in [6.45, 7) is 2.11. The molecule has 0 spiro atoms. The molecule has 3 heteroatoms. The van der Waals surface area contributed by atoms with Crippen LogP contribution in [0.25, 0.3) is 0 Å². The van der Waals surface area contributed by atoms with E-state index < -0.39 is 0 Å². The molecule has 0 amide bonds. The molecule has 2 rings (SSSR count). The number of alkyl halides is 1. The van der Waals surface area contributed by atoms with Crippen molar-refractivity contribution in [2.24, 2.45) is 0 Å². The van der Waals surface area contributed by atoms with Gasteiger partial charge in [0.2, 0.25) is 0 Å². The summed E-state index contributed by atoms with van der Waals surface area (Å²) in [6.07, 6.45) is 3.68. The minimum absolute atomic E-state index is 0.317. The number of furan rings is 1. The van der Waals surface area contributed by atoms with Crippen molar-refractivity contribution in [1.29, 1.82) is 0 Å². The molecule has 0 saturated heterocycles. The fourth-order valence-electron chi connectivity index (χ4n) is 1.85. The molecule has 2 aromatic rings. The fourth-order valence-corrected chi connectivity index (χ4v) is 2.90. The van der Waals surface area contributed by atoms with Crippen molar-refractivity contribution >= 4 is 31.9 Å². The first-order valence-electron chi connectivity index (χ1n) is 5.65. The van der Waals surface area contributed by atoms with Gasteiger partial charge in [-0.1, -0.05) is 50.9 Å². The number of benzene rings is 1. The number of hydrogen-bond donors (Lipinski definition) is 0. The second-order valence-electron chi connectivity index (χ2n) is 3.95. The molecular formula is C14H14Br2O. The van der Waals surface area contributed by atoms with Crippen molar-refractivity contribution in [3.8, 4) is 0 Å². The van der Waals surface area contributed by atoms with E-state index in [0.717, 1.165) is 23.1 Å². The van der Waals surface area contributed by atoms with Crippen molar-refractivity contribution < 1.29 is 4.42 Å². The lowest BCUT2D eigenvalue weighted by Crippen LogP contribution is -1.96. The molecule has 1 aromatic carbocycles. The van der Waals surface area contributed by atoms with E-state index in [9.17, 15) is 0 Å². The van der Waals surface area contributed by atoms with Gasteiger partial charge in [0.15, 0.2) is 0 Å². The van der Waals surface area contributed by atoms with Crippen LogP contribution < -0.4 is 0 Å². The maximum absolute atomic E-state index is 5.45. The Morgan fingerprint density at radius 2 is 1.88 bits per heavy atom. The van der Waals surface area contributed by atoms with E-state index in [1.165, 1.54) is 11.1 Å². The summed E-state index contributed by atoms with van der Waals surface area (Å²) >= 11 is 7.19. The molecule has 0 saturated carbocycles. The Kier molecular flexibility index (Phi) is 4.46. The molecule has 17 heavy (non-hydrogen) atoms. The Balaban J connectivity index is 2.11. The molecular weight excluding hydrogens is 344 g/mol. The molecule has 1 nitrogen and oxygen atoms in total. The summed E-state index contributed by atoms with van der Waals surface area (Å²) < 4.78 is 6.57. The summed E-state index contributed by atoms with van der Waals surface area (Å²) in [5.74, 6) is 1.07. The Morgan fingerprint density at radius 3 is 2.53 bits per heavy atom. The lowest BCUT2D eigenvalue weighted by atomic mass is 10.0. The van der Waals surface area contributed by atoms with E-state index >= 15 is 0 Å². The first kappa shape index (κ1) is 12.9. The maximum Gasteiger partial charge on any atom is 0.107 e. The van der Waals surface area contributed by atoms with Crippen LogP contribution in [0, 0.1) is 0 Å². The third-order valence-corrected chi connectivity index (χ3v) is 4.11. The van der Waals surface area contributed by atoms with Crippen LogP contribution in [-0.2, 0) is 12.8 Å². The second-order valence-corrected chi connectivity index (χ2v) is 5.97. The van der Waals surface area contributed by atoms with Gasteiger partial charge in [-0.2, -0.15) is 0 Å². The molecule has 1 atom stereocenters. The van der Waals surface area contributed by atoms with Crippen LogP contribution in [0.3, 0.4) is 0 Å². The van der Waals surface area contributed by atoms with Gasteiger partial charge in [-0.05, 0) is 30.2 Å². The van der Waals surface area contributed by atoms with Crippen LogP contribution in [0.5, 0.6) is 0 Å². The first-order valence-corrected chi connectivity index (χ1v) is 7.36. The van der Waals surface area contributed by atoms with Gasteiger partial charge in [-0.25, -0.2) is 0 Å². The highest BCUT2D eigenvalue weighted by Crippen LogP contribution is 2.31. The second kappa shape index (κ2) is 5.87. The zero-order chi connectivity index (χ0) is 12.3. The van der Waals surface area contributed by atoms with Crippen molar-refractivity contribution in [2.45, 2.75) is 24.6 Å². The normalized spacial score (nSPS) is 12.6. The van der Waals surface area contributed by atoms with Gasteiger partial charge in [0.25, 0.3) is 0 Å². The highest BCUT2D eigenvalue weighted by Gasteiger charge is 2.14. The molecule has 0 N–H and O–H groups in total. The Bertz CT molecular complexity index is 473. The smallest absolute Gasteiger partial charge is 0.107 e. The molecule has 0 radical (unpaired) electrons. The predicted octanol–water partition coefficient (Wildman–Crippen LogP) is 5.28. The average Bonchev–Trinajstić information content (AvgIpc) is 2.80. The van der Waals surface area contributed by atoms with Crippen molar-refractivity contribution in [3.63, 3.8) is 0 Å². The fraction of sp³-hybridized carbons (Fsp3) is 0.286. The number of halogens is 2. The number of rotatable bonds is 4. The minimum Gasteiger partial charge on any atom is -0.469 e. The summed E-state index contributed by atoms with van der Waals surface area (Å²) in [5, 5.41) is 0. The molecule has 0 fully saturated rings. The Labute approximate surface area is 118 Å². The maximum atomic E-state index is 5.45. The lowest BCUT2D eigenvalue weighted by molar-refractivity contribution is 0.511. The first-order chi connectivity index (χ1) is 8.20. The molecule has 90 valence electrons. The topological polar surface area (TPSA) is 13.1 Å². The molecule has 0 aliphatic rings. The third kappa shape index (κ3) is 3.23. The zero-order valence-corrected chi connectivity index (χ0v) is 12.8. The van der Waals surface area contributed by atoms with Gasteiger partial charge in [0.1, 0.15) is 5.76 Å². The summed E-state index contributed by atoms with van der Waals surface area (Å²) in [6, 6.07) is 10.5. The van der Waals surface area contributed by atoms with Gasteiger partial charge in [0, 0.05) is 21.3 Å². The van der Waals surface area contributed by atoms with E-state index in [0.29, 0.717) is 4.83 Å². The van der Waals surface area contributed by atoms with E-state index in [-0.39, 0.29) is 0 Å². The van der Waals surface area contributed by atoms with Crippen LogP contribution in [-0.4, -0.2) is 0 Å². The highest BCUT2D eigenvalue weighted by molar-refractivity contribution is 9.10. The van der Waals surface area contributed by atoms with E-state index in [1.54, 1.807) is 6.26 Å². The number of aryl methyl sites for hydroxylation is 1. The standard InChI is InChI=1S/C14H14Br2O/c1-2-14-12(7-8-17-14)13(16)9-10-3-5-11(15)6-4-10/h3-8,13H,2,9H2,1H3. The molecule has 1 aromatic heterocycles. The SMILES string of the molecule is CCc1occc1C(Br)Cc1ccc(Br)cc1. The van der Waals surface area contributed by atoms with Crippen molar-refractivity contribution in [1.82, 2.24) is 0 Å². The molecule has 0 bridgehead atoms. The molecule has 0 aliphatic heterocycles. The van der Waals surface area contributed by atoms with Gasteiger partial charge in [-0.15, -0.1) is 0 Å². The van der Waals surface area contributed by atoms with Gasteiger partial charge in [0.05, 0.1) is 6.26 Å². The zero-order valence-electron chi connectivity index (χ0n) is 9.62. The quantitative estimate of drug-likeness (QED) is 0.678. The Hall–Kier alpha value is -0.540. The van der Waals surface area contributed by atoms with E-state index in [4.69, 9.17) is 4.42 Å². The summed E-state index contributed by atoms with van der Waals surface area (Å²) in [7, 11) is 0. The summed E-state index contributed by atoms with van der Waals surface area (Å²) in [5.41, 5.74) is 2.58. The third-order valence-electron chi connectivity index (χ3n) is 2.77. The monoisotopic (exact) mass is 356 g/mol. The minimum atomic E-state index is 0.317. The lowest BCUT2D eigenvalue weighted by Gasteiger charge is -2.09.